The van der Waals surface area contributed by atoms with Gasteiger partial charge in [-0.2, -0.15) is 0 Å². The van der Waals surface area contributed by atoms with Gasteiger partial charge in [0, 0.05) is 26.1 Å². The highest BCUT2D eigenvalue weighted by atomic mass is 19.1. The Kier molecular flexibility index (Phi) is 4.52. The molecular formula is C19H19F3N4O5. The zero-order chi connectivity index (χ0) is 22.0. The summed E-state index contributed by atoms with van der Waals surface area (Å²) in [5.74, 6) is -2.92. The first kappa shape index (κ1) is 19.9. The minimum atomic E-state index is -1.79. The van der Waals surface area contributed by atoms with Crippen molar-refractivity contribution < 1.29 is 32.5 Å². The first-order valence-corrected chi connectivity index (χ1v) is 9.78. The number of hydrogen-bond acceptors (Lipinski definition) is 7. The molecule has 3 heterocycles. The normalized spacial score (nSPS) is 27.4. The van der Waals surface area contributed by atoms with Crippen molar-refractivity contribution >= 4 is 28.4 Å². The largest absolute Gasteiger partial charge is 0.511 e. The monoisotopic (exact) mass is 440 g/mol. The van der Waals surface area contributed by atoms with Crippen LogP contribution in [0.3, 0.4) is 0 Å². The Morgan fingerprint density at radius 2 is 2.06 bits per heavy atom. The molecule has 3 aliphatic rings. The number of pyridine rings is 1. The van der Waals surface area contributed by atoms with Crippen LogP contribution in [0.4, 0.5) is 29.3 Å². The molecule has 0 radical (unpaired) electrons. The van der Waals surface area contributed by atoms with Crippen LogP contribution >= 0.6 is 0 Å². The van der Waals surface area contributed by atoms with Crippen LogP contribution in [0.1, 0.15) is 12.5 Å². The van der Waals surface area contributed by atoms with E-state index < -0.39 is 57.9 Å². The number of aromatic nitrogens is 1. The number of nitrogens with two attached hydrogens (primary N) is 1. The summed E-state index contributed by atoms with van der Waals surface area (Å²) in [4.78, 5) is 25.1. The minimum Gasteiger partial charge on any atom is -0.449 e. The molecule has 12 heteroatoms. The number of rotatable bonds is 3. The molecule has 0 unspecified atom stereocenters. The summed E-state index contributed by atoms with van der Waals surface area (Å²) < 4.78 is 56.1. The van der Waals surface area contributed by atoms with Crippen molar-refractivity contribution in [3.8, 4) is 5.75 Å². The predicted molar refractivity (Wildman–Crippen MR) is 103 cm³/mol. The number of alkyl halides is 1. The van der Waals surface area contributed by atoms with Gasteiger partial charge in [0.2, 0.25) is 5.43 Å². The molecule has 2 aromatic rings. The molecule has 1 aliphatic carbocycles. The molecular weight excluding hydrogens is 421 g/mol. The number of nitrogens with one attached hydrogen (secondary N) is 1. The molecule has 4 atom stereocenters. The zero-order valence-electron chi connectivity index (χ0n) is 16.1. The van der Waals surface area contributed by atoms with Crippen molar-refractivity contribution in [3.63, 3.8) is 0 Å². The number of anilines is 2. The second-order valence-electron chi connectivity index (χ2n) is 7.91. The van der Waals surface area contributed by atoms with Crippen LogP contribution in [0.5, 0.6) is 5.75 Å². The molecule has 1 saturated carbocycles. The van der Waals surface area contributed by atoms with Gasteiger partial charge < -0.3 is 35.1 Å². The van der Waals surface area contributed by atoms with Gasteiger partial charge in [-0.1, -0.05) is 0 Å². The summed E-state index contributed by atoms with van der Waals surface area (Å²) in [6.45, 7) is 1.55. The Morgan fingerprint density at radius 1 is 1.32 bits per heavy atom. The average molecular weight is 440 g/mol. The van der Waals surface area contributed by atoms with Gasteiger partial charge in [-0.15, -0.1) is 0 Å². The van der Waals surface area contributed by atoms with E-state index in [4.69, 9.17) is 15.6 Å². The molecule has 0 amide bonds. The number of benzene rings is 1. The topological polar surface area (TPSA) is 119 Å². The van der Waals surface area contributed by atoms with Crippen LogP contribution in [0.25, 0.3) is 10.9 Å². The van der Waals surface area contributed by atoms with Crippen molar-refractivity contribution in [2.24, 2.45) is 0 Å². The molecule has 1 aromatic carbocycles. The molecule has 31 heavy (non-hydrogen) atoms. The number of halogens is 3. The Bertz CT molecular complexity index is 1140. The van der Waals surface area contributed by atoms with Crippen LogP contribution in [-0.2, 0) is 4.74 Å². The fourth-order valence-electron chi connectivity index (χ4n) is 4.45. The molecule has 3 fully saturated rings. The number of carbonyl (C=O) groups is 1. The van der Waals surface area contributed by atoms with E-state index in [9.17, 15) is 14.0 Å². The van der Waals surface area contributed by atoms with Gasteiger partial charge in [0.05, 0.1) is 47.6 Å². The van der Waals surface area contributed by atoms with Gasteiger partial charge >= 0.3 is 6.16 Å². The van der Waals surface area contributed by atoms with Crippen molar-refractivity contribution in [2.75, 3.05) is 36.9 Å². The molecule has 1 aromatic heterocycles. The van der Waals surface area contributed by atoms with Crippen LogP contribution in [0.2, 0.25) is 0 Å². The standard InChI is InChI=1S/C19H19F3N4O5/c20-7-3-9(7)26-6-11(31-19(28)29)18(27)12-15(23)13(21)17(14(22)16(12)26)25-4-8-10(5-25)30-2-1-24-8/h6-10,24H,1-5,23H2,(H,28,29)/t7-,8+,9+,10+/m0/s1. The molecule has 9 nitrogen and oxygen atoms in total. The van der Waals surface area contributed by atoms with Gasteiger partial charge in [0.1, 0.15) is 11.9 Å². The van der Waals surface area contributed by atoms with Gasteiger partial charge in [-0.25, -0.2) is 18.0 Å². The summed E-state index contributed by atoms with van der Waals surface area (Å²) >= 11 is 0. The van der Waals surface area contributed by atoms with E-state index in [1.54, 1.807) is 0 Å². The fourth-order valence-corrected chi connectivity index (χ4v) is 4.45. The highest BCUT2D eigenvalue weighted by Crippen LogP contribution is 2.44. The van der Waals surface area contributed by atoms with Crippen LogP contribution in [0, 0.1) is 11.6 Å². The second-order valence-corrected chi connectivity index (χ2v) is 7.91. The maximum absolute atomic E-state index is 15.8. The highest BCUT2D eigenvalue weighted by molar-refractivity contribution is 5.96. The van der Waals surface area contributed by atoms with Crippen molar-refractivity contribution in [1.29, 1.82) is 0 Å². The summed E-state index contributed by atoms with van der Waals surface area (Å²) in [6.07, 6.45) is -2.43. The van der Waals surface area contributed by atoms with E-state index in [1.165, 1.54) is 4.90 Å². The number of fused-ring (bicyclic) bond motifs is 2. The maximum atomic E-state index is 15.8. The van der Waals surface area contributed by atoms with Crippen LogP contribution < -0.4 is 26.1 Å². The average Bonchev–Trinajstić information content (AvgIpc) is 3.29. The van der Waals surface area contributed by atoms with E-state index in [-0.39, 0.29) is 37.2 Å². The third kappa shape index (κ3) is 3.08. The summed E-state index contributed by atoms with van der Waals surface area (Å²) in [6, 6.07) is -0.978. The molecule has 0 bridgehead atoms. The Balaban J connectivity index is 1.73. The highest BCUT2D eigenvalue weighted by Gasteiger charge is 2.43. The lowest BCUT2D eigenvalue weighted by Crippen LogP contribution is -2.47. The van der Waals surface area contributed by atoms with E-state index >= 15 is 8.78 Å². The number of hydrogen-bond donors (Lipinski definition) is 3. The van der Waals surface area contributed by atoms with Crippen LogP contribution in [0.15, 0.2) is 11.0 Å². The fraction of sp³-hybridized carbons (Fsp3) is 0.474. The van der Waals surface area contributed by atoms with E-state index in [0.717, 1.165) is 10.8 Å². The number of nitrogen functional groups attached to an aromatic ring is 1. The maximum Gasteiger partial charge on any atom is 0.511 e. The van der Waals surface area contributed by atoms with Crippen LogP contribution in [-0.4, -0.2) is 60.4 Å². The summed E-state index contributed by atoms with van der Waals surface area (Å²) in [5, 5.41) is 11.5. The number of ether oxygens (including phenoxy) is 2. The number of nitrogens with zero attached hydrogens (tertiary/aromatic N) is 2. The first-order valence-electron chi connectivity index (χ1n) is 9.78. The SMILES string of the molecule is Nc1c(F)c(N2C[C@H]3NCCO[C@@H]3C2)c(F)c2c1c(=O)c(OC(=O)O)cn2[C@@H]1C[C@@H]1F. The zero-order valence-corrected chi connectivity index (χ0v) is 16.1. The molecule has 166 valence electrons. The Hall–Kier alpha value is -2.99. The van der Waals surface area contributed by atoms with Crippen molar-refractivity contribution in [2.45, 2.75) is 30.8 Å². The minimum absolute atomic E-state index is 0.0299. The number of carboxylic acid groups (broad SMARTS) is 1. The predicted octanol–water partition coefficient (Wildman–Crippen LogP) is 1.38. The molecule has 4 N–H and O–H groups in total. The van der Waals surface area contributed by atoms with E-state index in [2.05, 4.69) is 10.1 Å². The van der Waals surface area contributed by atoms with Gasteiger partial charge in [0.15, 0.2) is 17.4 Å². The Labute approximate surface area is 173 Å². The van der Waals surface area contributed by atoms with Crippen molar-refractivity contribution in [3.05, 3.63) is 28.1 Å². The number of morpholine rings is 1. The van der Waals surface area contributed by atoms with Gasteiger partial charge in [-0.05, 0) is 0 Å². The summed E-state index contributed by atoms with van der Waals surface area (Å²) in [5.41, 5.74) is 3.34. The second kappa shape index (κ2) is 7.02. The van der Waals surface area contributed by atoms with E-state index in [1.807, 2.05) is 0 Å². The molecule has 5 rings (SSSR count). The van der Waals surface area contributed by atoms with Gasteiger partial charge in [0.25, 0.3) is 0 Å². The third-order valence-corrected chi connectivity index (χ3v) is 5.99. The van der Waals surface area contributed by atoms with Crippen molar-refractivity contribution in [1.82, 2.24) is 9.88 Å². The Morgan fingerprint density at radius 3 is 2.71 bits per heavy atom. The van der Waals surface area contributed by atoms with Gasteiger partial charge in [-0.3, -0.25) is 4.79 Å². The molecule has 2 aliphatic heterocycles. The summed E-state index contributed by atoms with van der Waals surface area (Å²) in [7, 11) is 0. The molecule has 0 spiro atoms. The lowest BCUT2D eigenvalue weighted by Gasteiger charge is -2.25. The smallest absolute Gasteiger partial charge is 0.449 e. The quantitative estimate of drug-likeness (QED) is 0.484. The lowest BCUT2D eigenvalue weighted by atomic mass is 10.1. The first-order chi connectivity index (χ1) is 14.8. The molecule has 2 saturated heterocycles. The van der Waals surface area contributed by atoms with E-state index in [0.29, 0.717) is 13.2 Å². The third-order valence-electron chi connectivity index (χ3n) is 5.99. The lowest BCUT2D eigenvalue weighted by molar-refractivity contribution is 0.0212.